The minimum Gasteiger partial charge on any atom is -0.577 e. The monoisotopic (exact) mass is 1080 g/mol. The van der Waals surface area contributed by atoms with E-state index in [9.17, 15) is 4.79 Å². The van der Waals surface area contributed by atoms with Crippen LogP contribution in [-0.4, -0.2) is 43.3 Å². The number of halogens is 3. The molecule has 0 fully saturated rings. The maximum absolute atomic E-state index is 11.1. The molecule has 0 saturated heterocycles. The van der Waals surface area contributed by atoms with E-state index in [0.717, 1.165) is 64.9 Å². The summed E-state index contributed by atoms with van der Waals surface area (Å²) in [6.45, 7) is 37.0. The largest absolute Gasteiger partial charge is 0.577 e. The number of aryl methyl sites for hydroxylation is 6. The van der Waals surface area contributed by atoms with Crippen molar-refractivity contribution in [1.82, 2.24) is 29.9 Å². The van der Waals surface area contributed by atoms with Gasteiger partial charge in [0.1, 0.15) is 28.4 Å². The number of nitrogens with two attached hydrogens (primary N) is 1. The Bertz CT molecular complexity index is 1470. The summed E-state index contributed by atoms with van der Waals surface area (Å²) < 4.78 is 0. The van der Waals surface area contributed by atoms with Gasteiger partial charge in [-0.1, -0.05) is 54.7 Å². The van der Waals surface area contributed by atoms with Crippen LogP contribution in [-0.2, 0) is 84.7 Å². The molecule has 49 heavy (non-hydrogen) atoms. The van der Waals surface area contributed by atoms with E-state index in [4.69, 9.17) is 37.2 Å². The molecule has 0 atom stereocenters. The van der Waals surface area contributed by atoms with Gasteiger partial charge in [0.15, 0.2) is 0 Å². The number of aromatic nitrogens is 6. The molecule has 278 valence electrons. The van der Waals surface area contributed by atoms with Crippen LogP contribution in [0.5, 0.6) is 0 Å². The summed E-state index contributed by atoms with van der Waals surface area (Å²) in [6, 6.07) is 0. The van der Waals surface area contributed by atoms with Crippen molar-refractivity contribution in [3.63, 3.8) is 0 Å². The topological polar surface area (TPSA) is 160 Å². The maximum Gasteiger partial charge on any atom is 0.254 e. The van der Waals surface area contributed by atoms with Crippen molar-refractivity contribution in [2.24, 2.45) is 15.7 Å². The number of H-pyrrole nitrogens is 1. The molecule has 0 unspecified atom stereocenters. The predicted octanol–water partition coefficient (Wildman–Crippen LogP) is 9.39. The standard InChI is InChI=1S/C11H14N4.C8H11ClN2.C8H12N2O.C3H4N2.3CH4.I2.2Y.3H2/c1-6-10-13-8(3)7(2)11(15-10)14-9(4)12-5;1-4-7-10-6(3)5(2)8(9)11-7;1-4-7-9-6(3)5(2)8(11)10-7;1-3(4)5-2;;;;1-2;;;;;/h4-5H,6H2,1-3H3,(H,13,14,15);4H2,1-3H3;4H2,1-3H3,(H,9,10,11);1-2H,4H2;3*1H4;;;;3*1H/q-2;;;-2;;;;;;;;;/i;;;;;;;;;;3*1+1. The Hall–Kier alpha value is -0.582. The van der Waals surface area contributed by atoms with Crippen LogP contribution in [0.4, 0.5) is 5.82 Å². The van der Waals surface area contributed by atoms with E-state index < -0.39 is 0 Å². The Morgan fingerprint density at radius 3 is 1.53 bits per heavy atom. The van der Waals surface area contributed by atoms with Gasteiger partial charge in [-0.15, -0.1) is 0 Å². The number of nitrogens with zero attached hydrogens (tertiary/aromatic N) is 7. The second-order valence-corrected chi connectivity index (χ2v) is 9.17. The van der Waals surface area contributed by atoms with Crippen LogP contribution in [0, 0.1) is 54.7 Å². The summed E-state index contributed by atoms with van der Waals surface area (Å²) in [6.07, 6.45) is 2.38. The molecular weight excluding hydrogens is 1020 g/mol. The second-order valence-electron chi connectivity index (χ2n) is 8.82. The first-order chi connectivity index (χ1) is 20.6. The van der Waals surface area contributed by atoms with Gasteiger partial charge in [-0.25, -0.2) is 36.6 Å². The van der Waals surface area contributed by atoms with E-state index in [2.05, 4.69) is 89.2 Å². The van der Waals surface area contributed by atoms with Gasteiger partial charge in [0.2, 0.25) is 0 Å². The average molecular weight is 1080 g/mol. The van der Waals surface area contributed by atoms with Gasteiger partial charge in [0.25, 0.3) is 5.56 Å². The van der Waals surface area contributed by atoms with E-state index in [1.54, 1.807) is 6.92 Å². The molecule has 0 amide bonds. The SMILES string of the molecule is C.C.C.CCc1nc(C)c(C)c(=O)[nH]1.CCc1nc(C)c(C)c(Cl)n1.II.[2HH].[2HH].[2HH].[CH-]=NC(=[CH-])N.[CH-]=NC(=[CH-])Nc1nc(CC)nc(C)c1C.[Y].[Y]. The van der Waals surface area contributed by atoms with Gasteiger partial charge >= 0.3 is 0 Å². The minimum absolute atomic E-state index is 0. The quantitative estimate of drug-likeness (QED) is 0.0914. The normalized spacial score (nSPS) is 8.33. The van der Waals surface area contributed by atoms with Crippen molar-refractivity contribution in [2.75, 3.05) is 5.32 Å². The fourth-order valence-electron chi connectivity index (χ4n) is 2.80. The van der Waals surface area contributed by atoms with E-state index in [1.165, 1.54) is 0 Å². The fraction of sp³-hybridized carbons (Fsp3) is 0.455. The Labute approximate surface area is 379 Å². The van der Waals surface area contributed by atoms with Crippen molar-refractivity contribution >= 4 is 68.1 Å². The van der Waals surface area contributed by atoms with Crippen LogP contribution >= 0.6 is 48.8 Å². The predicted molar refractivity (Wildman–Crippen MR) is 225 cm³/mol. The molecule has 0 aliphatic heterocycles. The Morgan fingerprint density at radius 1 is 0.776 bits per heavy atom. The smallest absolute Gasteiger partial charge is 0.254 e. The molecule has 11 nitrogen and oxygen atoms in total. The molecule has 4 N–H and O–H groups in total. The van der Waals surface area contributed by atoms with E-state index in [-0.39, 0.29) is 109 Å². The molecule has 2 radical (unpaired) electrons. The zero-order valence-corrected chi connectivity index (χ0v) is 38.6. The van der Waals surface area contributed by atoms with Crippen LogP contribution in [0.2, 0.25) is 5.15 Å². The third-order valence-electron chi connectivity index (χ3n) is 5.76. The van der Waals surface area contributed by atoms with Crippen LogP contribution in [0.25, 0.3) is 0 Å². The summed E-state index contributed by atoms with van der Waals surface area (Å²) in [5.74, 6) is 3.05. The fourth-order valence-corrected chi connectivity index (χ4v) is 3.03. The second kappa shape index (κ2) is 35.8. The van der Waals surface area contributed by atoms with E-state index in [1.807, 2.05) is 55.4 Å². The molecule has 3 heterocycles. The summed E-state index contributed by atoms with van der Waals surface area (Å²) >= 11 is 10.1. The summed E-state index contributed by atoms with van der Waals surface area (Å²) in [4.78, 5) is 41.2. The zero-order valence-electron chi connectivity index (χ0n) is 27.8. The van der Waals surface area contributed by atoms with Crippen LogP contribution < -0.4 is 16.6 Å². The molecule has 3 rings (SSSR count). The molecule has 0 bridgehead atoms. The zero-order chi connectivity index (χ0) is 34.6. The molecule has 0 aromatic carbocycles. The number of hydrogen-bond acceptors (Lipinski definition) is 10. The molecule has 16 heteroatoms. The van der Waals surface area contributed by atoms with Gasteiger partial charge in [-0.3, -0.25) is 4.79 Å². The van der Waals surface area contributed by atoms with E-state index >= 15 is 0 Å². The first kappa shape index (κ1) is 63.5. The van der Waals surface area contributed by atoms with Gasteiger partial charge in [0.05, 0.1) is 0 Å². The molecule has 0 aliphatic rings. The number of anilines is 1. The van der Waals surface area contributed by atoms with Crippen molar-refractivity contribution in [3.8, 4) is 0 Å². The number of nitrogens with one attached hydrogen (secondary N) is 2. The van der Waals surface area contributed by atoms with Gasteiger partial charge in [-0.2, -0.15) is 13.4 Å². The number of rotatable bonds is 7. The van der Waals surface area contributed by atoms with Gasteiger partial charge in [0, 0.05) is 160 Å². The molecule has 0 saturated carbocycles. The first-order valence-electron chi connectivity index (χ1n) is 13.3. The van der Waals surface area contributed by atoms with Crippen molar-refractivity contribution < 1.29 is 69.7 Å². The Balaban J connectivity index is -0.0000000550. The number of hydrogen-bond donors (Lipinski definition) is 3. The molecule has 0 spiro atoms. The number of aliphatic imine (C=N–C) groups is 2. The Kier molecular flexibility index (Phi) is 46.4. The van der Waals surface area contributed by atoms with Crippen LogP contribution in [0.1, 0.15) is 98.6 Å². The van der Waals surface area contributed by atoms with Crippen molar-refractivity contribution in [1.29, 1.82) is 0 Å². The molecule has 3 aromatic rings. The van der Waals surface area contributed by atoms with Crippen molar-refractivity contribution in [2.45, 2.75) is 104 Å². The maximum atomic E-state index is 11.1. The molecule has 3 aromatic heterocycles. The third-order valence-corrected chi connectivity index (χ3v) is 6.13. The first-order valence-corrected chi connectivity index (χ1v) is 19.9. The number of aromatic amines is 1. The summed E-state index contributed by atoms with van der Waals surface area (Å²) in [7, 11) is 0. The van der Waals surface area contributed by atoms with Gasteiger partial charge < -0.3 is 39.2 Å². The van der Waals surface area contributed by atoms with Gasteiger partial charge in [-0.05, 0) is 41.5 Å². The van der Waals surface area contributed by atoms with Crippen molar-refractivity contribution in [3.05, 3.63) is 91.6 Å². The average Bonchev–Trinajstić information content (AvgIpc) is 3.01. The van der Waals surface area contributed by atoms with E-state index in [0.29, 0.717) is 16.5 Å². The summed E-state index contributed by atoms with van der Waals surface area (Å²) in [5, 5.41) is 3.41. The minimum atomic E-state index is -0.0926. The van der Waals surface area contributed by atoms with Crippen LogP contribution in [0.3, 0.4) is 0 Å². The third kappa shape index (κ3) is 25.9. The molecular formula is C33H59ClI2N10OY2-4. The Morgan fingerprint density at radius 2 is 1.18 bits per heavy atom. The van der Waals surface area contributed by atoms with Crippen LogP contribution in [0.15, 0.2) is 26.4 Å². The molecule has 0 aliphatic carbocycles. The summed E-state index contributed by atoms with van der Waals surface area (Å²) in [5.41, 5.74) is 10.0.